The summed E-state index contributed by atoms with van der Waals surface area (Å²) in [6.07, 6.45) is 14.3. The number of hydrogen-bond acceptors (Lipinski definition) is 18. The number of para-hydroxylation sites is 1. The van der Waals surface area contributed by atoms with Crippen LogP contribution in [0.15, 0.2) is 121 Å². The first-order valence-electron chi connectivity index (χ1n) is 27.1. The smallest absolute Gasteiger partial charge is 0.330 e. The summed E-state index contributed by atoms with van der Waals surface area (Å²) in [4.78, 5) is 80.7. The van der Waals surface area contributed by atoms with Crippen molar-refractivity contribution in [2.24, 2.45) is 28.8 Å². The zero-order chi connectivity index (χ0) is 55.8. The van der Waals surface area contributed by atoms with Crippen molar-refractivity contribution in [3.8, 4) is 34.5 Å². The highest BCUT2D eigenvalue weighted by Gasteiger charge is 2.34. The molecule has 0 spiro atoms. The normalized spacial score (nSPS) is 17.0. The molecule has 0 N–H and O–H groups in total. The van der Waals surface area contributed by atoms with Gasteiger partial charge < -0.3 is 37.9 Å². The second kappa shape index (κ2) is 30.9. The third kappa shape index (κ3) is 18.9. The lowest BCUT2D eigenvalue weighted by atomic mass is 9.82. The van der Waals surface area contributed by atoms with Crippen molar-refractivity contribution in [3.05, 3.63) is 122 Å². The van der Waals surface area contributed by atoms with Gasteiger partial charge in [0.2, 0.25) is 5.13 Å². The maximum absolute atomic E-state index is 13.8. The largest absolute Gasteiger partial charge is 0.494 e. The van der Waals surface area contributed by atoms with E-state index < -0.39 is 35.7 Å². The molecule has 2 fully saturated rings. The minimum Gasteiger partial charge on any atom is -0.494 e. The Balaban J connectivity index is 0.865. The van der Waals surface area contributed by atoms with Crippen LogP contribution < -0.4 is 33.4 Å². The molecule has 0 aliphatic heterocycles. The molecule has 0 radical (unpaired) electrons. The van der Waals surface area contributed by atoms with Crippen molar-refractivity contribution in [1.82, 2.24) is 4.98 Å². The van der Waals surface area contributed by atoms with Crippen molar-refractivity contribution < 1.29 is 66.7 Å². The summed E-state index contributed by atoms with van der Waals surface area (Å²) in [5, 5.41) is 6.90. The van der Waals surface area contributed by atoms with Gasteiger partial charge in [-0.05, 0) is 182 Å². The molecular formula is C61H69N3O14S. The fourth-order valence-electron chi connectivity index (χ4n) is 9.07. The monoisotopic (exact) mass is 1100 g/mol. The van der Waals surface area contributed by atoms with Gasteiger partial charge in [0.25, 0.3) is 0 Å². The minimum atomic E-state index is -0.461. The first-order valence-corrected chi connectivity index (χ1v) is 27.9. The van der Waals surface area contributed by atoms with E-state index in [9.17, 15) is 28.8 Å². The van der Waals surface area contributed by atoms with Gasteiger partial charge in [-0.15, -0.1) is 0 Å². The number of thiazole rings is 1. The number of ether oxygens (including phenoxy) is 8. The highest BCUT2D eigenvalue weighted by Crippen LogP contribution is 2.35. The Kier molecular flexibility index (Phi) is 23.0. The van der Waals surface area contributed by atoms with E-state index in [4.69, 9.17) is 37.9 Å². The molecule has 2 saturated carbocycles. The molecule has 2 aliphatic rings. The molecule has 5 aromatic rings. The molecule has 418 valence electrons. The molecule has 0 unspecified atom stereocenters. The van der Waals surface area contributed by atoms with E-state index in [-0.39, 0.29) is 35.3 Å². The number of carbonyl (C=O) groups is 6. The quantitative estimate of drug-likeness (QED) is 0.0109. The fourth-order valence-corrected chi connectivity index (χ4v) is 9.95. The van der Waals surface area contributed by atoms with Gasteiger partial charge >= 0.3 is 35.8 Å². The van der Waals surface area contributed by atoms with E-state index >= 15 is 0 Å². The highest BCUT2D eigenvalue weighted by molar-refractivity contribution is 7.22. The van der Waals surface area contributed by atoms with Crippen LogP contribution in [0.3, 0.4) is 0 Å². The lowest BCUT2D eigenvalue weighted by Crippen LogP contribution is -2.30. The first-order chi connectivity index (χ1) is 38.4. The Morgan fingerprint density at radius 3 is 1.39 bits per heavy atom. The lowest BCUT2D eigenvalue weighted by Gasteiger charge is -2.26. The summed E-state index contributed by atoms with van der Waals surface area (Å²) in [6.45, 7) is 8.57. The highest BCUT2D eigenvalue weighted by atomic mass is 32.1. The molecule has 0 bridgehead atoms. The molecule has 1 heterocycles. The molecule has 79 heavy (non-hydrogen) atoms. The number of carbonyl (C=O) groups excluding carboxylic acids is 6. The summed E-state index contributed by atoms with van der Waals surface area (Å²) >= 11 is 1.47. The van der Waals surface area contributed by atoms with E-state index in [0.717, 1.165) is 73.7 Å². The van der Waals surface area contributed by atoms with E-state index in [1.54, 1.807) is 78.8 Å². The third-order valence-electron chi connectivity index (χ3n) is 13.6. The molecule has 18 heteroatoms. The zero-order valence-electron chi connectivity index (χ0n) is 44.7. The standard InChI is InChI=1S/C61H69N3O14S/c1-4-55(65)73-38-14-8-6-12-36-71-47-26-30-49(31-27-47)75-57(67)42-18-20-44(21-19-42)59(69)77-51-34-35-53(46(40-51)41-62-64(3)61-63-52-16-10-11-17-54(52)79-61)78-60(70)45-24-22-43(23-25-45)58(68)76-50-32-28-48(29-33-50)72-37-13-7-9-15-39-74-56(66)5-2/h4-5,10-11,16-17,26-35,40-45H,1-2,6-9,12-15,18-25,36-39H2,3H3/b62-41+/t42-,43-,44+,45+. The molecule has 0 atom stereocenters. The Hall–Kier alpha value is -7.86. The summed E-state index contributed by atoms with van der Waals surface area (Å²) < 4.78 is 46.0. The van der Waals surface area contributed by atoms with Crippen molar-refractivity contribution in [2.75, 3.05) is 38.5 Å². The van der Waals surface area contributed by atoms with Crippen molar-refractivity contribution in [1.29, 1.82) is 0 Å². The van der Waals surface area contributed by atoms with Gasteiger partial charge in [-0.3, -0.25) is 19.2 Å². The van der Waals surface area contributed by atoms with Gasteiger partial charge in [-0.1, -0.05) is 36.6 Å². The maximum Gasteiger partial charge on any atom is 0.330 e. The van der Waals surface area contributed by atoms with Crippen LogP contribution >= 0.6 is 11.3 Å². The van der Waals surface area contributed by atoms with E-state index in [1.807, 2.05) is 24.3 Å². The van der Waals surface area contributed by atoms with Gasteiger partial charge in [0.1, 0.15) is 34.5 Å². The molecule has 17 nitrogen and oxygen atoms in total. The number of anilines is 1. The summed E-state index contributed by atoms with van der Waals surface area (Å²) in [5.41, 5.74) is 1.23. The molecule has 0 amide bonds. The van der Waals surface area contributed by atoms with E-state index in [0.29, 0.717) is 111 Å². The van der Waals surface area contributed by atoms with Crippen molar-refractivity contribution in [3.63, 3.8) is 0 Å². The van der Waals surface area contributed by atoms with Gasteiger partial charge in [0.15, 0.2) is 0 Å². The second-order valence-electron chi connectivity index (χ2n) is 19.4. The lowest BCUT2D eigenvalue weighted by molar-refractivity contribution is -0.145. The van der Waals surface area contributed by atoms with Crippen LogP contribution in [0.25, 0.3) is 10.2 Å². The topological polar surface area (TPSA) is 205 Å². The van der Waals surface area contributed by atoms with Gasteiger partial charge in [0.05, 0.1) is 66.5 Å². The van der Waals surface area contributed by atoms with Crippen LogP contribution in [0.5, 0.6) is 34.5 Å². The Morgan fingerprint density at radius 2 is 0.937 bits per heavy atom. The fraction of sp³-hybridized carbons (Fsp3) is 0.410. The van der Waals surface area contributed by atoms with E-state index in [2.05, 4.69) is 23.2 Å². The summed E-state index contributed by atoms with van der Waals surface area (Å²) in [5.74, 6) is -1.47. The maximum atomic E-state index is 13.8. The van der Waals surface area contributed by atoms with Crippen LogP contribution in [-0.2, 0) is 38.2 Å². The number of rotatable bonds is 29. The average molecular weight is 1100 g/mol. The predicted molar refractivity (Wildman–Crippen MR) is 299 cm³/mol. The van der Waals surface area contributed by atoms with Crippen LogP contribution in [0.1, 0.15) is 108 Å². The molecule has 2 aliphatic carbocycles. The number of hydrogen-bond donors (Lipinski definition) is 0. The number of unbranched alkanes of at least 4 members (excludes halogenated alkanes) is 6. The van der Waals surface area contributed by atoms with Crippen molar-refractivity contribution >= 4 is 68.7 Å². The van der Waals surface area contributed by atoms with Crippen LogP contribution in [0, 0.1) is 23.7 Å². The second-order valence-corrected chi connectivity index (χ2v) is 20.4. The first kappa shape index (κ1) is 58.8. The van der Waals surface area contributed by atoms with Crippen LogP contribution in [-0.4, -0.2) is 80.5 Å². The Bertz CT molecular complexity index is 2840. The molecule has 4 aromatic carbocycles. The summed E-state index contributed by atoms with van der Waals surface area (Å²) in [6, 6.07) is 26.4. The summed E-state index contributed by atoms with van der Waals surface area (Å²) in [7, 11) is 1.76. The Morgan fingerprint density at radius 1 is 0.532 bits per heavy atom. The predicted octanol–water partition coefficient (Wildman–Crippen LogP) is 11.7. The van der Waals surface area contributed by atoms with Gasteiger partial charge in [0, 0.05) is 24.8 Å². The minimum absolute atomic E-state index is 0.221. The van der Waals surface area contributed by atoms with Gasteiger partial charge in [-0.2, -0.15) is 5.10 Å². The number of esters is 6. The average Bonchev–Trinajstić information content (AvgIpc) is 3.94. The number of fused-ring (bicyclic) bond motifs is 1. The van der Waals surface area contributed by atoms with Gasteiger partial charge in [-0.25, -0.2) is 19.6 Å². The van der Waals surface area contributed by atoms with Crippen LogP contribution in [0.2, 0.25) is 0 Å². The molecule has 1 aromatic heterocycles. The van der Waals surface area contributed by atoms with Crippen LogP contribution in [0.4, 0.5) is 5.13 Å². The molecule has 0 saturated heterocycles. The zero-order valence-corrected chi connectivity index (χ0v) is 45.5. The number of aromatic nitrogens is 1. The molecule has 7 rings (SSSR count). The number of nitrogens with zero attached hydrogens (tertiary/aromatic N) is 3. The third-order valence-corrected chi connectivity index (χ3v) is 14.8. The SMILES string of the molecule is C=CC(=O)OCCCCCCOc1ccc(OC(=O)[C@H]2CC[C@@H](C(=O)Oc3ccc(OC(=O)[C@H]4CC[C@@H](C(=O)Oc5ccc(OCCCCCCOC(=O)C=C)cc5)CC4)c(/C=N/N(C)c4nc5ccccc5s4)c3)CC2)cc1. The number of hydrazone groups is 1. The van der Waals surface area contributed by atoms with E-state index in [1.165, 1.54) is 17.6 Å². The molecular weight excluding hydrogens is 1030 g/mol. The number of benzene rings is 4. The Labute approximate surface area is 464 Å². The van der Waals surface area contributed by atoms with Crippen molar-refractivity contribution in [2.45, 2.75) is 103 Å².